The Labute approximate surface area is 133 Å². The fourth-order valence-electron chi connectivity index (χ4n) is 2.43. The maximum absolute atomic E-state index is 14.1. The molecule has 1 aliphatic heterocycles. The van der Waals surface area contributed by atoms with E-state index in [9.17, 15) is 19.3 Å². The molecular weight excluding hydrogens is 307 g/mol. The van der Waals surface area contributed by atoms with Gasteiger partial charge in [-0.2, -0.15) is 0 Å². The molecule has 9 heteroatoms. The molecule has 0 radical (unpaired) electrons. The first-order valence-electron chi connectivity index (χ1n) is 7.15. The molecule has 1 fully saturated rings. The van der Waals surface area contributed by atoms with Crippen LogP contribution in [0.3, 0.4) is 0 Å². The predicted molar refractivity (Wildman–Crippen MR) is 82.3 cm³/mol. The number of carbonyl (C=O) groups is 1. The van der Waals surface area contributed by atoms with Crippen molar-refractivity contribution in [1.82, 2.24) is 10.2 Å². The van der Waals surface area contributed by atoms with E-state index >= 15 is 0 Å². The van der Waals surface area contributed by atoms with Crippen molar-refractivity contribution in [3.8, 4) is 5.75 Å². The van der Waals surface area contributed by atoms with Gasteiger partial charge in [-0.05, 0) is 0 Å². The molecule has 126 valence electrons. The van der Waals surface area contributed by atoms with Gasteiger partial charge < -0.3 is 19.9 Å². The lowest BCUT2D eigenvalue weighted by atomic mass is 10.2. The first kappa shape index (κ1) is 16.9. The quantitative estimate of drug-likeness (QED) is 0.630. The highest BCUT2D eigenvalue weighted by Crippen LogP contribution is 2.33. The Morgan fingerprint density at radius 2 is 2.13 bits per heavy atom. The van der Waals surface area contributed by atoms with Crippen molar-refractivity contribution in [2.24, 2.45) is 0 Å². The Hall–Kier alpha value is -2.42. The van der Waals surface area contributed by atoms with E-state index in [-0.39, 0.29) is 23.9 Å². The summed E-state index contributed by atoms with van der Waals surface area (Å²) in [4.78, 5) is 25.5. The normalized spacial score (nSPS) is 14.5. The molecular formula is C14H19FN4O4. The largest absolute Gasteiger partial charge is 0.490 e. The third-order valence-electron chi connectivity index (χ3n) is 3.70. The number of ether oxygens (including phenoxy) is 1. The van der Waals surface area contributed by atoms with Gasteiger partial charge in [-0.1, -0.05) is 0 Å². The highest BCUT2D eigenvalue weighted by Gasteiger charge is 2.23. The second kappa shape index (κ2) is 7.23. The summed E-state index contributed by atoms with van der Waals surface area (Å²) in [7, 11) is 2.83. The zero-order valence-corrected chi connectivity index (χ0v) is 13.0. The van der Waals surface area contributed by atoms with E-state index in [2.05, 4.69) is 5.32 Å². The van der Waals surface area contributed by atoms with Crippen molar-refractivity contribution in [2.75, 3.05) is 51.8 Å². The minimum atomic E-state index is -0.770. The molecule has 1 N–H and O–H groups in total. The van der Waals surface area contributed by atoms with Crippen LogP contribution >= 0.6 is 0 Å². The Morgan fingerprint density at radius 1 is 1.48 bits per heavy atom. The summed E-state index contributed by atoms with van der Waals surface area (Å²) in [6.07, 6.45) is 0. The van der Waals surface area contributed by atoms with E-state index < -0.39 is 16.4 Å². The fraction of sp³-hybridized carbons (Fsp3) is 0.500. The fourth-order valence-corrected chi connectivity index (χ4v) is 2.43. The number of nitro benzene ring substituents is 1. The standard InChI is InChI=1S/C14H19FN4O4/c1-17(9-14(20)18-5-3-16-4-6-18)11-8-13(23-2)12(19(21)22)7-10(11)15/h7-8,16H,3-6,9H2,1-2H3. The van der Waals surface area contributed by atoms with E-state index in [0.717, 1.165) is 19.2 Å². The summed E-state index contributed by atoms with van der Waals surface area (Å²) in [5.41, 5.74) is -0.369. The van der Waals surface area contributed by atoms with Crippen LogP contribution in [0, 0.1) is 15.9 Å². The van der Waals surface area contributed by atoms with Gasteiger partial charge in [0.15, 0.2) is 11.6 Å². The molecule has 1 amide bonds. The van der Waals surface area contributed by atoms with Gasteiger partial charge in [0.05, 0.1) is 30.3 Å². The summed E-state index contributed by atoms with van der Waals surface area (Å²) in [5, 5.41) is 14.0. The van der Waals surface area contributed by atoms with Crippen LogP contribution in [-0.4, -0.2) is 62.6 Å². The van der Waals surface area contributed by atoms with Crippen molar-refractivity contribution in [3.05, 3.63) is 28.1 Å². The van der Waals surface area contributed by atoms with E-state index in [0.29, 0.717) is 13.1 Å². The summed E-state index contributed by atoms with van der Waals surface area (Å²) in [5.74, 6) is -0.938. The third-order valence-corrected chi connectivity index (χ3v) is 3.70. The monoisotopic (exact) mass is 326 g/mol. The summed E-state index contributed by atoms with van der Waals surface area (Å²) in [6.45, 7) is 2.67. The average molecular weight is 326 g/mol. The molecule has 0 bridgehead atoms. The zero-order valence-electron chi connectivity index (χ0n) is 13.0. The number of benzene rings is 1. The first-order chi connectivity index (χ1) is 10.9. The lowest BCUT2D eigenvalue weighted by Crippen LogP contribution is -2.49. The SMILES string of the molecule is COc1cc(N(C)CC(=O)N2CCNCC2)c(F)cc1[N+](=O)[O-]. The maximum atomic E-state index is 14.1. The average Bonchev–Trinajstić information content (AvgIpc) is 2.55. The van der Waals surface area contributed by atoms with Gasteiger partial charge in [0.2, 0.25) is 5.91 Å². The second-order valence-electron chi connectivity index (χ2n) is 5.22. The molecule has 0 saturated carbocycles. The smallest absolute Gasteiger partial charge is 0.313 e. The number of amides is 1. The van der Waals surface area contributed by atoms with Crippen LogP contribution in [0.5, 0.6) is 5.75 Å². The molecule has 8 nitrogen and oxygen atoms in total. The van der Waals surface area contributed by atoms with Crippen LogP contribution in [0.1, 0.15) is 0 Å². The van der Waals surface area contributed by atoms with Crippen LogP contribution in [0.4, 0.5) is 15.8 Å². The van der Waals surface area contributed by atoms with Crippen molar-refractivity contribution in [2.45, 2.75) is 0 Å². The van der Waals surface area contributed by atoms with Gasteiger partial charge in [-0.3, -0.25) is 14.9 Å². The molecule has 0 unspecified atom stereocenters. The Bertz CT molecular complexity index is 605. The molecule has 0 spiro atoms. The Morgan fingerprint density at radius 3 is 2.70 bits per heavy atom. The molecule has 1 aliphatic rings. The van der Waals surface area contributed by atoms with E-state index in [1.807, 2.05) is 0 Å². The number of piperazine rings is 1. The van der Waals surface area contributed by atoms with Crippen LogP contribution in [0.15, 0.2) is 12.1 Å². The Balaban J connectivity index is 2.16. The molecule has 2 rings (SSSR count). The molecule has 1 aromatic carbocycles. The molecule has 1 saturated heterocycles. The van der Waals surface area contributed by atoms with E-state index in [1.165, 1.54) is 18.1 Å². The van der Waals surface area contributed by atoms with Crippen LogP contribution in [0.2, 0.25) is 0 Å². The number of hydrogen-bond acceptors (Lipinski definition) is 6. The first-order valence-corrected chi connectivity index (χ1v) is 7.15. The van der Waals surface area contributed by atoms with Crippen LogP contribution in [-0.2, 0) is 4.79 Å². The third kappa shape index (κ3) is 3.86. The van der Waals surface area contributed by atoms with Crippen LogP contribution in [0.25, 0.3) is 0 Å². The van der Waals surface area contributed by atoms with Gasteiger partial charge in [0, 0.05) is 39.3 Å². The Kier molecular flexibility index (Phi) is 5.32. The number of nitrogens with one attached hydrogen (secondary N) is 1. The number of methoxy groups -OCH3 is 1. The summed E-state index contributed by atoms with van der Waals surface area (Å²) in [6, 6.07) is 2.04. The van der Waals surface area contributed by atoms with Crippen molar-refractivity contribution < 1.29 is 18.8 Å². The van der Waals surface area contributed by atoms with Gasteiger partial charge in [-0.15, -0.1) is 0 Å². The van der Waals surface area contributed by atoms with Gasteiger partial charge in [0.25, 0.3) is 0 Å². The number of rotatable bonds is 5. The number of hydrogen-bond donors (Lipinski definition) is 1. The molecule has 1 aromatic rings. The van der Waals surface area contributed by atoms with Crippen molar-refractivity contribution in [3.63, 3.8) is 0 Å². The predicted octanol–water partition coefficient (Wildman–Crippen LogP) is 0.611. The molecule has 0 aliphatic carbocycles. The topological polar surface area (TPSA) is 88.0 Å². The number of nitro groups is 1. The zero-order chi connectivity index (χ0) is 17.0. The van der Waals surface area contributed by atoms with Crippen LogP contribution < -0.4 is 15.0 Å². The number of likely N-dealkylation sites (N-methyl/N-ethyl adjacent to an activating group) is 1. The number of nitrogens with zero attached hydrogens (tertiary/aromatic N) is 3. The summed E-state index contributed by atoms with van der Waals surface area (Å²) < 4.78 is 19.1. The molecule has 1 heterocycles. The minimum absolute atomic E-state index is 0.0160. The number of carbonyl (C=O) groups excluding carboxylic acids is 1. The van der Waals surface area contributed by atoms with Gasteiger partial charge in [-0.25, -0.2) is 4.39 Å². The maximum Gasteiger partial charge on any atom is 0.313 e. The molecule has 23 heavy (non-hydrogen) atoms. The number of anilines is 1. The van der Waals surface area contributed by atoms with Crippen molar-refractivity contribution >= 4 is 17.3 Å². The molecule has 0 aromatic heterocycles. The highest BCUT2D eigenvalue weighted by molar-refractivity contribution is 5.81. The summed E-state index contributed by atoms with van der Waals surface area (Å²) >= 11 is 0. The minimum Gasteiger partial charge on any atom is -0.490 e. The van der Waals surface area contributed by atoms with E-state index in [1.54, 1.807) is 11.9 Å². The van der Waals surface area contributed by atoms with Crippen molar-refractivity contribution in [1.29, 1.82) is 0 Å². The van der Waals surface area contributed by atoms with E-state index in [4.69, 9.17) is 4.74 Å². The van der Waals surface area contributed by atoms with Gasteiger partial charge in [0.1, 0.15) is 0 Å². The highest BCUT2D eigenvalue weighted by atomic mass is 19.1. The second-order valence-corrected chi connectivity index (χ2v) is 5.22. The lowest BCUT2D eigenvalue weighted by molar-refractivity contribution is -0.385. The molecule has 0 atom stereocenters. The van der Waals surface area contributed by atoms with Gasteiger partial charge >= 0.3 is 5.69 Å². The number of halogens is 1. The lowest BCUT2D eigenvalue weighted by Gasteiger charge is -2.30.